The zero-order valence-corrected chi connectivity index (χ0v) is 21.5. The van der Waals surface area contributed by atoms with Crippen LogP contribution in [-0.2, 0) is 0 Å². The topological polar surface area (TPSA) is 69.4 Å². The largest absolute Gasteiger partial charge is 0.338 e. The van der Waals surface area contributed by atoms with Crippen LogP contribution >= 0.6 is 0 Å². The molecule has 0 spiro atoms. The van der Waals surface area contributed by atoms with Gasteiger partial charge in [0.15, 0.2) is 0 Å². The van der Waals surface area contributed by atoms with Crippen molar-refractivity contribution in [3.05, 3.63) is 107 Å². The van der Waals surface area contributed by atoms with Gasteiger partial charge in [0.1, 0.15) is 17.2 Å². The molecule has 0 saturated heterocycles. The predicted molar refractivity (Wildman–Crippen MR) is 153 cm³/mol. The molecule has 0 unspecified atom stereocenters. The van der Waals surface area contributed by atoms with Crippen LogP contribution in [-0.4, -0.2) is 33.3 Å². The second-order valence-corrected chi connectivity index (χ2v) is 8.61. The van der Waals surface area contributed by atoms with Gasteiger partial charge in [0.05, 0.1) is 11.0 Å². The molecular weight excluding hydrogens is 461 g/mol. The first kappa shape index (κ1) is 25.8. The molecule has 0 atom stereocenters. The number of benzene rings is 1. The molecular formula is C31H32FN5. The first-order chi connectivity index (χ1) is 18.0. The minimum absolute atomic E-state index is 0.276. The summed E-state index contributed by atoms with van der Waals surface area (Å²) >= 11 is 0. The lowest BCUT2D eigenvalue weighted by molar-refractivity contribution is 0.628. The molecule has 0 aliphatic heterocycles. The fourth-order valence-electron chi connectivity index (χ4n) is 4.28. The van der Waals surface area contributed by atoms with Gasteiger partial charge in [0.25, 0.3) is 0 Å². The summed E-state index contributed by atoms with van der Waals surface area (Å²) < 4.78 is 13.9. The average Bonchev–Trinajstić information content (AvgIpc) is 3.50. The Balaban J connectivity index is 1.81. The van der Waals surface area contributed by atoms with Crippen LogP contribution in [0.4, 0.5) is 4.39 Å². The molecule has 0 radical (unpaired) electrons. The van der Waals surface area contributed by atoms with Crippen molar-refractivity contribution >= 4 is 23.7 Å². The van der Waals surface area contributed by atoms with Gasteiger partial charge in [-0.15, -0.1) is 0 Å². The van der Waals surface area contributed by atoms with E-state index in [-0.39, 0.29) is 5.82 Å². The molecule has 3 N–H and O–H groups in total. The molecule has 4 aromatic rings. The Morgan fingerprint density at radius 1 is 1.14 bits per heavy atom. The second-order valence-electron chi connectivity index (χ2n) is 8.61. The van der Waals surface area contributed by atoms with Crippen molar-refractivity contribution < 1.29 is 4.39 Å². The number of aromatic nitrogens is 4. The normalized spacial score (nSPS) is 13.5. The highest BCUT2D eigenvalue weighted by atomic mass is 19.1. The van der Waals surface area contributed by atoms with Crippen LogP contribution in [0.2, 0.25) is 0 Å². The number of likely N-dealkylation sites (N-methyl/N-ethyl adjacent to an activating group) is 1. The van der Waals surface area contributed by atoms with E-state index in [0.717, 1.165) is 62.9 Å². The molecule has 0 saturated carbocycles. The summed E-state index contributed by atoms with van der Waals surface area (Å²) in [5.41, 5.74) is 7.17. The van der Waals surface area contributed by atoms with Gasteiger partial charge in [0, 0.05) is 23.3 Å². The van der Waals surface area contributed by atoms with E-state index in [4.69, 9.17) is 0 Å². The first-order valence-electron chi connectivity index (χ1n) is 12.3. The lowest BCUT2D eigenvalue weighted by Crippen LogP contribution is -2.22. The number of pyridine rings is 1. The second kappa shape index (κ2) is 11.6. The number of nitrogens with zero attached hydrogens (tertiary/aromatic N) is 2. The summed E-state index contributed by atoms with van der Waals surface area (Å²) in [4.78, 5) is 7.89. The van der Waals surface area contributed by atoms with E-state index < -0.39 is 0 Å². The summed E-state index contributed by atoms with van der Waals surface area (Å²) in [5.74, 6) is -0.276. The molecule has 37 heavy (non-hydrogen) atoms. The number of hydrogen-bond acceptors (Lipinski definition) is 3. The van der Waals surface area contributed by atoms with E-state index >= 15 is 0 Å². The number of hydrogen-bond donors (Lipinski definition) is 3. The maximum atomic E-state index is 13.9. The van der Waals surface area contributed by atoms with Crippen LogP contribution in [0.25, 0.3) is 46.2 Å². The average molecular weight is 494 g/mol. The minimum Gasteiger partial charge on any atom is -0.338 e. The summed E-state index contributed by atoms with van der Waals surface area (Å²) in [5, 5.41) is 13.4. The molecule has 188 valence electrons. The fraction of sp³-hybridized carbons (Fsp3) is 0.161. The number of allylic oxidation sites excluding steroid dienone is 5. The first-order valence-corrected chi connectivity index (χ1v) is 12.3. The minimum atomic E-state index is -0.276. The lowest BCUT2D eigenvalue weighted by atomic mass is 10.0. The van der Waals surface area contributed by atoms with Gasteiger partial charge in [0.2, 0.25) is 0 Å². The zero-order valence-electron chi connectivity index (χ0n) is 21.5. The zero-order chi connectivity index (χ0) is 26.4. The predicted octanol–water partition coefficient (Wildman–Crippen LogP) is 5.56. The smallest absolute Gasteiger partial charge is 0.138 e. The number of H-pyrrole nitrogens is 2. The number of nitrogens with one attached hydrogen (secondary N) is 3. The van der Waals surface area contributed by atoms with Crippen molar-refractivity contribution in [3.63, 3.8) is 0 Å². The molecule has 0 amide bonds. The summed E-state index contributed by atoms with van der Waals surface area (Å²) in [6.45, 7) is 15.9. The highest BCUT2D eigenvalue weighted by molar-refractivity contribution is 5.96. The molecule has 5 nitrogen and oxygen atoms in total. The van der Waals surface area contributed by atoms with Crippen molar-refractivity contribution in [2.24, 2.45) is 0 Å². The standard InChI is InChI=1S/C31H32FN5/c1-6-21(19-33-9-4)15-22(7-2)23(8-3)17-27-20(5)36-37-30(27)29-18-28-26(13-14-34-31(28)35-29)24-11-10-12-25(32)16-24/h6-8,10-18,33,36H,1,5,9,19H2,2-4H3,(H,34,35)/b21-15+,22-7+,23-8+,27-17+. The SMILES string of the molecule is C=C\C(=C/C(=C\C)C(/C=c1/c(-c2cc3c(-c4cccc(F)c4)ccnc3[nH]2)n[nH]c1=C)=C/C)CNCC. The van der Waals surface area contributed by atoms with Crippen molar-refractivity contribution in [1.82, 2.24) is 25.5 Å². The van der Waals surface area contributed by atoms with Crippen molar-refractivity contribution in [2.75, 3.05) is 13.1 Å². The molecule has 6 heteroatoms. The van der Waals surface area contributed by atoms with Crippen LogP contribution < -0.4 is 15.9 Å². The van der Waals surface area contributed by atoms with E-state index in [2.05, 4.69) is 69.9 Å². The Morgan fingerprint density at radius 3 is 2.65 bits per heavy atom. The van der Waals surface area contributed by atoms with Crippen molar-refractivity contribution in [3.8, 4) is 22.5 Å². The van der Waals surface area contributed by atoms with E-state index in [1.807, 2.05) is 38.1 Å². The maximum absolute atomic E-state index is 13.9. The van der Waals surface area contributed by atoms with Gasteiger partial charge >= 0.3 is 0 Å². The third kappa shape index (κ3) is 5.60. The molecule has 3 heterocycles. The Kier molecular flexibility index (Phi) is 8.11. The summed E-state index contributed by atoms with van der Waals surface area (Å²) in [6.07, 6.45) is 12.0. The van der Waals surface area contributed by atoms with Crippen molar-refractivity contribution in [1.29, 1.82) is 0 Å². The van der Waals surface area contributed by atoms with E-state index in [1.165, 1.54) is 12.1 Å². The van der Waals surface area contributed by atoms with Crippen molar-refractivity contribution in [2.45, 2.75) is 20.8 Å². The molecule has 4 rings (SSSR count). The Morgan fingerprint density at radius 2 is 1.95 bits per heavy atom. The Hall–Kier alpha value is -4.29. The summed E-state index contributed by atoms with van der Waals surface area (Å²) in [6, 6.07) is 10.5. The number of rotatable bonds is 9. The van der Waals surface area contributed by atoms with Crippen LogP contribution in [0.3, 0.4) is 0 Å². The van der Waals surface area contributed by atoms with Crippen LogP contribution in [0.15, 0.2) is 90.2 Å². The number of halogens is 1. The van der Waals surface area contributed by atoms with Gasteiger partial charge in [-0.1, -0.05) is 56.5 Å². The molecule has 3 aromatic heterocycles. The third-order valence-corrected chi connectivity index (χ3v) is 6.24. The monoisotopic (exact) mass is 493 g/mol. The van der Waals surface area contributed by atoms with E-state index in [0.29, 0.717) is 11.0 Å². The van der Waals surface area contributed by atoms with Gasteiger partial charge in [-0.3, -0.25) is 5.10 Å². The van der Waals surface area contributed by atoms with Gasteiger partial charge in [-0.25, -0.2) is 9.37 Å². The summed E-state index contributed by atoms with van der Waals surface area (Å²) in [7, 11) is 0. The lowest BCUT2D eigenvalue weighted by Gasteiger charge is -2.07. The quantitative estimate of drug-likeness (QED) is 0.267. The van der Waals surface area contributed by atoms with Crippen LogP contribution in [0.1, 0.15) is 20.8 Å². The van der Waals surface area contributed by atoms with Crippen LogP contribution in [0.5, 0.6) is 0 Å². The third-order valence-electron chi connectivity index (χ3n) is 6.24. The Bertz CT molecular complexity index is 1630. The molecule has 0 aliphatic carbocycles. The molecule has 0 fully saturated rings. The van der Waals surface area contributed by atoms with E-state index in [9.17, 15) is 4.39 Å². The Labute approximate surface area is 216 Å². The highest BCUT2D eigenvalue weighted by Crippen LogP contribution is 2.30. The number of aromatic amines is 2. The van der Waals surface area contributed by atoms with Crippen LogP contribution in [0, 0.1) is 5.82 Å². The number of fused-ring (bicyclic) bond motifs is 1. The highest BCUT2D eigenvalue weighted by Gasteiger charge is 2.13. The molecule has 1 aromatic carbocycles. The van der Waals surface area contributed by atoms with Gasteiger partial charge < -0.3 is 10.3 Å². The van der Waals surface area contributed by atoms with E-state index in [1.54, 1.807) is 12.3 Å². The molecule has 0 aliphatic rings. The van der Waals surface area contributed by atoms with Gasteiger partial charge in [-0.2, -0.15) is 5.10 Å². The fourth-order valence-corrected chi connectivity index (χ4v) is 4.28. The van der Waals surface area contributed by atoms with Gasteiger partial charge in [-0.05, 0) is 78.6 Å². The molecule has 0 bridgehead atoms. The maximum Gasteiger partial charge on any atom is 0.138 e.